The minimum absolute atomic E-state index is 0.117. The van der Waals surface area contributed by atoms with Gasteiger partial charge in [0, 0.05) is 0 Å². The average molecular weight is 371 g/mol. The second-order valence-corrected chi connectivity index (χ2v) is 7.86. The van der Waals surface area contributed by atoms with Gasteiger partial charge in [-0.2, -0.15) is 0 Å². The highest BCUT2D eigenvalue weighted by Gasteiger charge is 2.27. The number of aromatic nitrogens is 2. The summed E-state index contributed by atoms with van der Waals surface area (Å²) >= 11 is 1.60. The first-order chi connectivity index (χ1) is 12.7. The number of likely N-dealkylation sites (tertiary alicyclic amines) is 1. The van der Waals surface area contributed by atoms with E-state index in [1.54, 1.807) is 23.5 Å². The van der Waals surface area contributed by atoms with Crippen molar-refractivity contribution in [1.29, 1.82) is 0 Å². The Kier molecular flexibility index (Phi) is 5.13. The molecule has 1 aromatic carbocycles. The molecule has 0 amide bonds. The quantitative estimate of drug-likeness (QED) is 0.636. The van der Waals surface area contributed by atoms with Crippen LogP contribution < -0.4 is 0 Å². The maximum atomic E-state index is 13.4. The van der Waals surface area contributed by atoms with Crippen molar-refractivity contribution in [3.05, 3.63) is 59.0 Å². The molecule has 0 saturated carbocycles. The molecular formula is C20H22FN3OS. The van der Waals surface area contributed by atoms with E-state index < -0.39 is 0 Å². The minimum Gasteiger partial charge on any atom is -0.418 e. The predicted octanol–water partition coefficient (Wildman–Crippen LogP) is 4.95. The summed E-state index contributed by atoms with van der Waals surface area (Å²) in [5, 5.41) is 10.4. The van der Waals surface area contributed by atoms with E-state index >= 15 is 0 Å². The largest absolute Gasteiger partial charge is 0.418 e. The Bertz CT molecular complexity index is 840. The summed E-state index contributed by atoms with van der Waals surface area (Å²) < 4.78 is 19.2. The van der Waals surface area contributed by atoms with E-state index in [0.29, 0.717) is 17.7 Å². The van der Waals surface area contributed by atoms with Gasteiger partial charge in [0.15, 0.2) is 0 Å². The molecular weight excluding hydrogens is 349 g/mol. The van der Waals surface area contributed by atoms with Crippen LogP contribution in [0.4, 0.5) is 4.39 Å². The van der Waals surface area contributed by atoms with Crippen LogP contribution in [-0.4, -0.2) is 28.2 Å². The lowest BCUT2D eigenvalue weighted by atomic mass is 9.89. The van der Waals surface area contributed by atoms with Crippen LogP contribution in [0.5, 0.6) is 0 Å². The third-order valence-electron chi connectivity index (χ3n) is 5.14. The van der Waals surface area contributed by atoms with Gasteiger partial charge in [0.1, 0.15) is 5.82 Å². The standard InChI is InChI=1S/C20H22FN3OS/c1-14(19-22-23-20(25-19)18-6-3-11-26-18)24-9-7-15(8-10-24)12-16-4-2-5-17(21)13-16/h2-6,11,13-15H,7-10,12H2,1H3. The van der Waals surface area contributed by atoms with Crippen LogP contribution in [0.2, 0.25) is 0 Å². The summed E-state index contributed by atoms with van der Waals surface area (Å²) in [6.07, 6.45) is 3.16. The number of halogens is 1. The second kappa shape index (κ2) is 7.68. The molecule has 0 bridgehead atoms. The van der Waals surface area contributed by atoms with Gasteiger partial charge in [-0.3, -0.25) is 4.90 Å². The smallest absolute Gasteiger partial charge is 0.257 e. The Morgan fingerprint density at radius 1 is 1.23 bits per heavy atom. The van der Waals surface area contributed by atoms with Crippen molar-refractivity contribution >= 4 is 11.3 Å². The molecule has 1 saturated heterocycles. The normalized spacial score (nSPS) is 17.5. The highest BCUT2D eigenvalue weighted by Crippen LogP contribution is 2.30. The Labute approximate surface area is 156 Å². The van der Waals surface area contributed by atoms with Crippen molar-refractivity contribution < 1.29 is 8.81 Å². The van der Waals surface area contributed by atoms with Gasteiger partial charge in [-0.05, 0) is 74.3 Å². The molecule has 1 atom stereocenters. The van der Waals surface area contributed by atoms with Crippen LogP contribution in [0.1, 0.15) is 37.3 Å². The van der Waals surface area contributed by atoms with Crippen LogP contribution in [0.15, 0.2) is 46.2 Å². The van der Waals surface area contributed by atoms with E-state index in [1.165, 1.54) is 6.07 Å². The lowest BCUT2D eigenvalue weighted by Crippen LogP contribution is -2.36. The van der Waals surface area contributed by atoms with Gasteiger partial charge < -0.3 is 4.42 Å². The highest BCUT2D eigenvalue weighted by atomic mass is 32.1. The van der Waals surface area contributed by atoms with Crippen LogP contribution >= 0.6 is 11.3 Å². The Morgan fingerprint density at radius 2 is 2.08 bits per heavy atom. The van der Waals surface area contributed by atoms with Crippen LogP contribution in [0, 0.1) is 11.7 Å². The van der Waals surface area contributed by atoms with E-state index in [0.717, 1.165) is 42.8 Å². The van der Waals surface area contributed by atoms with Gasteiger partial charge in [0.25, 0.3) is 5.89 Å². The van der Waals surface area contributed by atoms with Crippen molar-refractivity contribution in [2.75, 3.05) is 13.1 Å². The lowest BCUT2D eigenvalue weighted by Gasteiger charge is -2.34. The second-order valence-electron chi connectivity index (χ2n) is 6.91. The molecule has 1 aliphatic heterocycles. The van der Waals surface area contributed by atoms with Crippen molar-refractivity contribution in [2.24, 2.45) is 5.92 Å². The number of hydrogen-bond acceptors (Lipinski definition) is 5. The van der Waals surface area contributed by atoms with Gasteiger partial charge in [0.05, 0.1) is 10.9 Å². The summed E-state index contributed by atoms with van der Waals surface area (Å²) in [6, 6.07) is 11.1. The Hall–Kier alpha value is -2.05. The topological polar surface area (TPSA) is 42.2 Å². The fourth-order valence-corrected chi connectivity index (χ4v) is 4.25. The molecule has 4 nitrogen and oxygen atoms in total. The summed E-state index contributed by atoms with van der Waals surface area (Å²) in [7, 11) is 0. The number of piperidine rings is 1. The molecule has 0 spiro atoms. The molecule has 6 heteroatoms. The number of benzene rings is 1. The highest BCUT2D eigenvalue weighted by molar-refractivity contribution is 7.13. The Morgan fingerprint density at radius 3 is 2.81 bits per heavy atom. The van der Waals surface area contributed by atoms with Gasteiger partial charge in [0.2, 0.25) is 5.89 Å². The molecule has 2 aromatic heterocycles. The fraction of sp³-hybridized carbons (Fsp3) is 0.400. The summed E-state index contributed by atoms with van der Waals surface area (Å²) in [5.41, 5.74) is 1.09. The third kappa shape index (κ3) is 3.86. The molecule has 136 valence electrons. The van der Waals surface area contributed by atoms with E-state index in [-0.39, 0.29) is 11.9 Å². The monoisotopic (exact) mass is 371 g/mol. The number of rotatable bonds is 5. The number of thiophene rings is 1. The molecule has 1 unspecified atom stereocenters. The van der Waals surface area contributed by atoms with Gasteiger partial charge >= 0.3 is 0 Å². The van der Waals surface area contributed by atoms with E-state index in [4.69, 9.17) is 4.42 Å². The minimum atomic E-state index is -0.147. The zero-order valence-corrected chi connectivity index (χ0v) is 15.6. The van der Waals surface area contributed by atoms with Crippen LogP contribution in [0.25, 0.3) is 10.8 Å². The van der Waals surface area contributed by atoms with E-state index in [2.05, 4.69) is 22.0 Å². The molecule has 26 heavy (non-hydrogen) atoms. The summed E-state index contributed by atoms with van der Waals surface area (Å²) in [6.45, 7) is 4.12. The summed E-state index contributed by atoms with van der Waals surface area (Å²) in [4.78, 5) is 3.40. The lowest BCUT2D eigenvalue weighted by molar-refractivity contribution is 0.125. The molecule has 0 N–H and O–H groups in total. The molecule has 4 rings (SSSR count). The zero-order valence-electron chi connectivity index (χ0n) is 14.8. The van der Waals surface area contributed by atoms with Crippen molar-refractivity contribution in [3.63, 3.8) is 0 Å². The number of hydrogen-bond donors (Lipinski definition) is 0. The summed E-state index contributed by atoms with van der Waals surface area (Å²) in [5.74, 6) is 1.73. The van der Waals surface area contributed by atoms with Crippen molar-refractivity contribution in [2.45, 2.75) is 32.2 Å². The first-order valence-corrected chi connectivity index (χ1v) is 9.93. The SMILES string of the molecule is CC(c1nnc(-c2cccs2)o1)N1CCC(Cc2cccc(F)c2)CC1. The first kappa shape index (κ1) is 17.4. The molecule has 1 fully saturated rings. The average Bonchev–Trinajstić information content (AvgIpc) is 3.33. The van der Waals surface area contributed by atoms with Crippen LogP contribution in [0.3, 0.4) is 0 Å². The Balaban J connectivity index is 1.34. The van der Waals surface area contributed by atoms with Crippen molar-refractivity contribution in [1.82, 2.24) is 15.1 Å². The molecule has 3 aromatic rings. The maximum Gasteiger partial charge on any atom is 0.257 e. The maximum absolute atomic E-state index is 13.4. The molecule has 0 aliphatic carbocycles. The van der Waals surface area contributed by atoms with Crippen LogP contribution in [-0.2, 0) is 6.42 Å². The predicted molar refractivity (Wildman–Crippen MR) is 100 cm³/mol. The fourth-order valence-electron chi connectivity index (χ4n) is 3.60. The van der Waals surface area contributed by atoms with E-state index in [1.807, 2.05) is 23.6 Å². The van der Waals surface area contributed by atoms with Gasteiger partial charge in [-0.15, -0.1) is 21.5 Å². The first-order valence-electron chi connectivity index (χ1n) is 9.05. The molecule has 3 heterocycles. The van der Waals surface area contributed by atoms with E-state index in [9.17, 15) is 4.39 Å². The third-order valence-corrected chi connectivity index (χ3v) is 6.00. The molecule has 1 aliphatic rings. The van der Waals surface area contributed by atoms with Gasteiger partial charge in [-0.1, -0.05) is 18.2 Å². The molecule has 0 radical (unpaired) electrons. The number of nitrogens with zero attached hydrogens (tertiary/aromatic N) is 3. The van der Waals surface area contributed by atoms with Crippen molar-refractivity contribution in [3.8, 4) is 10.8 Å². The zero-order chi connectivity index (χ0) is 17.9. The van der Waals surface area contributed by atoms with Gasteiger partial charge in [-0.25, -0.2) is 4.39 Å².